The van der Waals surface area contributed by atoms with Gasteiger partial charge in [-0.3, -0.25) is 0 Å². The first-order valence-corrected chi connectivity index (χ1v) is 7.85. The highest BCUT2D eigenvalue weighted by Crippen LogP contribution is 2.27. The minimum absolute atomic E-state index is 0.340. The average molecular weight is 316 g/mol. The van der Waals surface area contributed by atoms with Crippen LogP contribution in [-0.4, -0.2) is 0 Å². The van der Waals surface area contributed by atoms with Crippen LogP contribution in [0.3, 0.4) is 0 Å². The van der Waals surface area contributed by atoms with E-state index in [1.807, 2.05) is 67.6 Å². The van der Waals surface area contributed by atoms with Crippen LogP contribution in [0.15, 0.2) is 75.9 Å². The van der Waals surface area contributed by atoms with Gasteiger partial charge >= 0.3 is 5.63 Å². The van der Waals surface area contributed by atoms with E-state index in [0.29, 0.717) is 23.3 Å². The minimum atomic E-state index is -0.340. The molecule has 0 radical (unpaired) electrons. The normalized spacial score (nSPS) is 11.0. The van der Waals surface area contributed by atoms with Crippen molar-refractivity contribution in [3.8, 4) is 5.75 Å². The largest absolute Gasteiger partial charge is 0.489 e. The minimum Gasteiger partial charge on any atom is -0.489 e. The Morgan fingerprint density at radius 1 is 0.875 bits per heavy atom. The van der Waals surface area contributed by atoms with E-state index in [4.69, 9.17) is 9.15 Å². The maximum absolute atomic E-state index is 12.3. The van der Waals surface area contributed by atoms with Gasteiger partial charge in [-0.15, -0.1) is 0 Å². The van der Waals surface area contributed by atoms with E-state index in [1.54, 1.807) is 6.07 Å². The van der Waals surface area contributed by atoms with Crippen LogP contribution >= 0.6 is 0 Å². The molecule has 0 aliphatic rings. The van der Waals surface area contributed by atoms with E-state index in [2.05, 4.69) is 0 Å². The number of aryl methyl sites for hydroxylation is 1. The van der Waals surface area contributed by atoms with Gasteiger partial charge in [0.2, 0.25) is 0 Å². The van der Waals surface area contributed by atoms with E-state index in [9.17, 15) is 4.79 Å². The topological polar surface area (TPSA) is 39.4 Å². The van der Waals surface area contributed by atoms with Crippen molar-refractivity contribution >= 4 is 21.7 Å². The lowest BCUT2D eigenvalue weighted by Crippen LogP contribution is -2.01. The summed E-state index contributed by atoms with van der Waals surface area (Å²) in [7, 11) is 0. The van der Waals surface area contributed by atoms with Gasteiger partial charge < -0.3 is 9.15 Å². The third kappa shape index (κ3) is 2.65. The van der Waals surface area contributed by atoms with Crippen molar-refractivity contribution in [2.75, 3.05) is 0 Å². The monoisotopic (exact) mass is 316 g/mol. The van der Waals surface area contributed by atoms with Gasteiger partial charge in [-0.1, -0.05) is 42.5 Å². The fourth-order valence-electron chi connectivity index (χ4n) is 2.85. The molecule has 0 fully saturated rings. The van der Waals surface area contributed by atoms with Gasteiger partial charge in [0.25, 0.3) is 0 Å². The standard InChI is InChI=1S/C21H16O3/c1-14-7-9-18-17-10-8-16(23-13-15-5-3-2-4-6-15)12-19(17)21(22)24-20(18)11-14/h2-12H,13H2,1H3. The zero-order valence-corrected chi connectivity index (χ0v) is 13.3. The lowest BCUT2D eigenvalue weighted by Gasteiger charge is -2.08. The predicted octanol–water partition coefficient (Wildman–Crippen LogP) is 4.83. The van der Waals surface area contributed by atoms with Crippen LogP contribution in [-0.2, 0) is 6.61 Å². The van der Waals surface area contributed by atoms with E-state index in [-0.39, 0.29) is 5.63 Å². The first-order valence-electron chi connectivity index (χ1n) is 7.85. The molecule has 4 aromatic rings. The number of hydrogen-bond donors (Lipinski definition) is 0. The summed E-state index contributed by atoms with van der Waals surface area (Å²) in [5, 5.41) is 2.36. The fraction of sp³-hybridized carbons (Fsp3) is 0.0952. The van der Waals surface area contributed by atoms with E-state index in [1.165, 1.54) is 0 Å². The van der Waals surface area contributed by atoms with Crippen LogP contribution in [0.2, 0.25) is 0 Å². The Labute approximate surface area is 139 Å². The maximum Gasteiger partial charge on any atom is 0.344 e. The molecule has 0 saturated carbocycles. The zero-order valence-electron chi connectivity index (χ0n) is 13.3. The Morgan fingerprint density at radius 2 is 1.67 bits per heavy atom. The van der Waals surface area contributed by atoms with Gasteiger partial charge in [-0.25, -0.2) is 4.79 Å². The third-order valence-corrected chi connectivity index (χ3v) is 4.09. The average Bonchev–Trinajstić information content (AvgIpc) is 2.61. The number of benzene rings is 3. The summed E-state index contributed by atoms with van der Waals surface area (Å²) in [5.41, 5.74) is 2.42. The Bertz CT molecular complexity index is 1080. The summed E-state index contributed by atoms with van der Waals surface area (Å²) in [6, 6.07) is 21.4. The summed E-state index contributed by atoms with van der Waals surface area (Å²) in [6.45, 7) is 2.44. The van der Waals surface area contributed by atoms with Gasteiger partial charge in [-0.05, 0) is 42.3 Å². The molecule has 0 aliphatic heterocycles. The fourth-order valence-corrected chi connectivity index (χ4v) is 2.85. The molecule has 0 unspecified atom stereocenters. The molecule has 1 heterocycles. The highest BCUT2D eigenvalue weighted by Gasteiger charge is 2.09. The molecule has 0 amide bonds. The molecule has 0 saturated heterocycles. The molecule has 1 aromatic heterocycles. The first-order chi connectivity index (χ1) is 11.7. The SMILES string of the molecule is Cc1ccc2c(c1)oc(=O)c1cc(OCc3ccccc3)ccc12. The summed E-state index contributed by atoms with van der Waals surface area (Å²) in [4.78, 5) is 12.3. The molecule has 4 rings (SSSR count). The van der Waals surface area contributed by atoms with E-state index >= 15 is 0 Å². The number of fused-ring (bicyclic) bond motifs is 3. The predicted molar refractivity (Wildman–Crippen MR) is 95.5 cm³/mol. The number of hydrogen-bond acceptors (Lipinski definition) is 3. The Kier molecular flexibility index (Phi) is 3.54. The van der Waals surface area contributed by atoms with Crippen molar-refractivity contribution < 1.29 is 9.15 Å². The molecule has 0 spiro atoms. The van der Waals surface area contributed by atoms with Crippen molar-refractivity contribution in [1.82, 2.24) is 0 Å². The molecule has 0 N–H and O–H groups in total. The molecule has 3 nitrogen and oxygen atoms in total. The van der Waals surface area contributed by atoms with Gasteiger partial charge in [0.1, 0.15) is 17.9 Å². The lowest BCUT2D eigenvalue weighted by molar-refractivity contribution is 0.306. The number of ether oxygens (including phenoxy) is 1. The van der Waals surface area contributed by atoms with Crippen molar-refractivity contribution in [3.05, 3.63) is 88.3 Å². The lowest BCUT2D eigenvalue weighted by atomic mass is 10.1. The molecule has 3 aromatic carbocycles. The second-order valence-corrected chi connectivity index (χ2v) is 5.87. The highest BCUT2D eigenvalue weighted by atomic mass is 16.5. The molecule has 24 heavy (non-hydrogen) atoms. The zero-order chi connectivity index (χ0) is 16.5. The molecular formula is C21H16O3. The molecule has 0 aliphatic carbocycles. The summed E-state index contributed by atoms with van der Waals surface area (Å²) in [5.74, 6) is 0.658. The van der Waals surface area contributed by atoms with Crippen LogP contribution in [0.4, 0.5) is 0 Å². The van der Waals surface area contributed by atoms with Gasteiger partial charge in [-0.2, -0.15) is 0 Å². The van der Waals surface area contributed by atoms with Crippen molar-refractivity contribution in [3.63, 3.8) is 0 Å². The Balaban J connectivity index is 1.75. The maximum atomic E-state index is 12.3. The van der Waals surface area contributed by atoms with E-state index in [0.717, 1.165) is 21.9 Å². The Morgan fingerprint density at radius 3 is 2.50 bits per heavy atom. The smallest absolute Gasteiger partial charge is 0.344 e. The quantitative estimate of drug-likeness (QED) is 0.401. The summed E-state index contributed by atoms with van der Waals surface area (Å²) < 4.78 is 11.3. The summed E-state index contributed by atoms with van der Waals surface area (Å²) >= 11 is 0. The highest BCUT2D eigenvalue weighted by molar-refractivity contribution is 6.04. The first kappa shape index (κ1) is 14.5. The van der Waals surface area contributed by atoms with Crippen LogP contribution in [0, 0.1) is 6.92 Å². The van der Waals surface area contributed by atoms with Crippen molar-refractivity contribution in [2.24, 2.45) is 0 Å². The van der Waals surface area contributed by atoms with Gasteiger partial charge in [0.15, 0.2) is 0 Å². The molecule has 0 bridgehead atoms. The van der Waals surface area contributed by atoms with Crippen LogP contribution in [0.5, 0.6) is 5.75 Å². The van der Waals surface area contributed by atoms with Crippen LogP contribution in [0.1, 0.15) is 11.1 Å². The van der Waals surface area contributed by atoms with E-state index < -0.39 is 0 Å². The molecule has 118 valence electrons. The Hall–Kier alpha value is -3.07. The molecule has 3 heteroatoms. The third-order valence-electron chi connectivity index (χ3n) is 4.09. The van der Waals surface area contributed by atoms with Crippen LogP contribution < -0.4 is 10.4 Å². The summed E-state index contributed by atoms with van der Waals surface area (Å²) in [6.07, 6.45) is 0. The van der Waals surface area contributed by atoms with Crippen LogP contribution in [0.25, 0.3) is 21.7 Å². The second-order valence-electron chi connectivity index (χ2n) is 5.87. The molecule has 0 atom stereocenters. The number of rotatable bonds is 3. The van der Waals surface area contributed by atoms with Gasteiger partial charge in [0.05, 0.1) is 5.39 Å². The van der Waals surface area contributed by atoms with Gasteiger partial charge in [0, 0.05) is 10.8 Å². The molecular weight excluding hydrogens is 300 g/mol. The van der Waals surface area contributed by atoms with Crippen molar-refractivity contribution in [2.45, 2.75) is 13.5 Å². The second kappa shape index (κ2) is 5.85. The van der Waals surface area contributed by atoms with Crippen molar-refractivity contribution in [1.29, 1.82) is 0 Å².